The molecule has 0 bridgehead atoms. The van der Waals surface area contributed by atoms with Crippen molar-refractivity contribution in [2.45, 2.75) is 13.0 Å². The van der Waals surface area contributed by atoms with Crippen LogP contribution in [0.3, 0.4) is 0 Å². The van der Waals surface area contributed by atoms with Crippen molar-refractivity contribution in [1.29, 1.82) is 0 Å². The van der Waals surface area contributed by atoms with Gasteiger partial charge < -0.3 is 39.3 Å². The standard InChI is InChI=1S/C17H18ClN5O.C16H20ClN5O.C4H10O3/c18-15-14-17(21-16(20-15)13-4-2-1-3-5-13)23(12-19-14)7-6-22-8-10-24-11-9-22;17-14-13(18)16(19-6-7-22-8-10-23-11-9-22)21-15(20-14)12-4-2-1-3-5-12;1-5-4(6-2)7-3/h1-5,12H,6-11H2;1-5H,6-11,18H2,(H,19,20,21);4H,1-3H3. The van der Waals surface area contributed by atoms with E-state index in [9.17, 15) is 0 Å². The lowest BCUT2D eigenvalue weighted by Crippen LogP contribution is -2.39. The summed E-state index contributed by atoms with van der Waals surface area (Å²) >= 11 is 12.5. The van der Waals surface area contributed by atoms with E-state index in [0.717, 1.165) is 95.6 Å². The maximum absolute atomic E-state index is 6.32. The van der Waals surface area contributed by atoms with Gasteiger partial charge in [-0.3, -0.25) is 9.80 Å². The first-order valence-corrected chi connectivity index (χ1v) is 18.4. The number of anilines is 2. The first-order valence-electron chi connectivity index (χ1n) is 17.6. The average molecular weight is 784 g/mol. The number of aromatic nitrogens is 6. The third-order valence-corrected chi connectivity index (χ3v) is 9.10. The van der Waals surface area contributed by atoms with Crippen LogP contribution in [0.1, 0.15) is 0 Å². The highest BCUT2D eigenvalue weighted by Crippen LogP contribution is 2.28. The normalized spacial score (nSPS) is 15.0. The van der Waals surface area contributed by atoms with Crippen LogP contribution in [0.5, 0.6) is 0 Å². The maximum atomic E-state index is 6.32. The van der Waals surface area contributed by atoms with Crippen molar-refractivity contribution >= 4 is 45.9 Å². The first kappa shape index (κ1) is 41.1. The zero-order valence-corrected chi connectivity index (χ0v) is 32.4. The van der Waals surface area contributed by atoms with Crippen molar-refractivity contribution in [2.75, 3.05) is 105 Å². The van der Waals surface area contributed by atoms with Crippen LogP contribution in [-0.4, -0.2) is 139 Å². The molecule has 0 radical (unpaired) electrons. The number of nitrogen functional groups attached to an aromatic ring is 1. The average Bonchev–Trinajstić information content (AvgIpc) is 3.65. The number of ether oxygens (including phenoxy) is 5. The van der Waals surface area contributed by atoms with Gasteiger partial charge >= 0.3 is 0 Å². The monoisotopic (exact) mass is 782 g/mol. The Labute approximate surface area is 325 Å². The first-order chi connectivity index (χ1) is 26.4. The predicted octanol–water partition coefficient (Wildman–Crippen LogP) is 4.81. The Kier molecular flexibility index (Phi) is 16.6. The highest BCUT2D eigenvalue weighted by atomic mass is 35.5. The van der Waals surface area contributed by atoms with Gasteiger partial charge in [-0.2, -0.15) is 0 Å². The molecule has 5 heterocycles. The molecule has 15 nitrogen and oxygen atoms in total. The van der Waals surface area contributed by atoms with E-state index < -0.39 is 6.48 Å². The Morgan fingerprint density at radius 1 is 0.704 bits per heavy atom. The molecular formula is C37H48Cl2N10O5. The molecule has 2 aliphatic rings. The fourth-order valence-electron chi connectivity index (χ4n) is 5.60. The highest BCUT2D eigenvalue weighted by molar-refractivity contribution is 6.33. The van der Waals surface area contributed by atoms with Gasteiger partial charge in [0.15, 0.2) is 33.4 Å². The molecule has 2 aromatic carbocycles. The number of hydrogen-bond acceptors (Lipinski definition) is 14. The van der Waals surface area contributed by atoms with Gasteiger partial charge in [-0.05, 0) is 0 Å². The maximum Gasteiger partial charge on any atom is 0.270 e. The third kappa shape index (κ3) is 12.0. The summed E-state index contributed by atoms with van der Waals surface area (Å²) < 4.78 is 26.6. The molecule has 3 N–H and O–H groups in total. The van der Waals surface area contributed by atoms with Crippen LogP contribution in [0.4, 0.5) is 11.5 Å². The fourth-order valence-corrected chi connectivity index (χ4v) is 5.99. The van der Waals surface area contributed by atoms with E-state index in [1.54, 1.807) is 6.33 Å². The Hall–Kier alpha value is -4.03. The number of morpholine rings is 2. The molecule has 0 saturated carbocycles. The molecule has 2 fully saturated rings. The topological polar surface area (TPSA) is 160 Å². The minimum atomic E-state index is -0.514. The molecule has 17 heteroatoms. The van der Waals surface area contributed by atoms with Gasteiger partial charge in [-0.25, -0.2) is 24.9 Å². The third-order valence-electron chi connectivity index (χ3n) is 8.55. The largest absolute Gasteiger partial charge is 0.393 e. The molecule has 0 unspecified atom stereocenters. The summed E-state index contributed by atoms with van der Waals surface area (Å²) in [6.07, 6.45) is 1.79. The molecule has 0 spiro atoms. The summed E-state index contributed by atoms with van der Waals surface area (Å²) in [4.78, 5) is 27.0. The number of halogens is 2. The van der Waals surface area contributed by atoms with Crippen LogP contribution in [0.15, 0.2) is 67.0 Å². The van der Waals surface area contributed by atoms with Crippen LogP contribution in [0.25, 0.3) is 33.9 Å². The quantitative estimate of drug-likeness (QED) is 0.131. The van der Waals surface area contributed by atoms with E-state index in [1.807, 2.05) is 65.2 Å². The van der Waals surface area contributed by atoms with Crippen LogP contribution in [0, 0.1) is 0 Å². The molecular weight excluding hydrogens is 735 g/mol. The minimum Gasteiger partial charge on any atom is -0.393 e. The molecule has 290 valence electrons. The van der Waals surface area contributed by atoms with Crippen LogP contribution < -0.4 is 11.1 Å². The molecule has 2 aliphatic heterocycles. The van der Waals surface area contributed by atoms with Crippen molar-refractivity contribution in [2.24, 2.45) is 0 Å². The lowest BCUT2D eigenvalue weighted by molar-refractivity contribution is -0.252. The molecule has 0 amide bonds. The molecule has 3 aromatic heterocycles. The zero-order chi connectivity index (χ0) is 38.1. The smallest absolute Gasteiger partial charge is 0.270 e. The van der Waals surface area contributed by atoms with Gasteiger partial charge in [0.1, 0.15) is 11.2 Å². The van der Waals surface area contributed by atoms with Gasteiger partial charge in [-0.15, -0.1) is 0 Å². The number of fused-ring (bicyclic) bond motifs is 1. The summed E-state index contributed by atoms with van der Waals surface area (Å²) in [6, 6.07) is 19.6. The number of methoxy groups -OCH3 is 3. The van der Waals surface area contributed by atoms with Gasteiger partial charge in [0.2, 0.25) is 0 Å². The Morgan fingerprint density at radius 2 is 1.22 bits per heavy atom. The summed E-state index contributed by atoms with van der Waals surface area (Å²) in [5, 5.41) is 3.93. The van der Waals surface area contributed by atoms with Gasteiger partial charge in [0, 0.05) is 84.8 Å². The number of nitrogens with zero attached hydrogens (tertiary/aromatic N) is 8. The molecule has 0 aliphatic carbocycles. The zero-order valence-electron chi connectivity index (χ0n) is 30.9. The number of benzene rings is 2. The van der Waals surface area contributed by atoms with E-state index >= 15 is 0 Å². The number of nitrogens with one attached hydrogen (secondary N) is 1. The number of imidazole rings is 1. The number of hydrogen-bond donors (Lipinski definition) is 2. The van der Waals surface area contributed by atoms with Crippen LogP contribution in [0.2, 0.25) is 10.3 Å². The second-order valence-electron chi connectivity index (χ2n) is 12.1. The Bertz CT molecular complexity index is 1840. The summed E-state index contributed by atoms with van der Waals surface area (Å²) in [5.41, 5.74) is 9.66. The van der Waals surface area contributed by atoms with Crippen LogP contribution >= 0.6 is 23.2 Å². The van der Waals surface area contributed by atoms with Gasteiger partial charge in [-0.1, -0.05) is 83.9 Å². The molecule has 0 atom stereocenters. The second kappa shape index (κ2) is 21.8. The van der Waals surface area contributed by atoms with Gasteiger partial charge in [0.25, 0.3) is 6.48 Å². The van der Waals surface area contributed by atoms with Crippen molar-refractivity contribution in [3.05, 3.63) is 77.3 Å². The van der Waals surface area contributed by atoms with E-state index in [0.29, 0.717) is 33.8 Å². The Morgan fingerprint density at radius 3 is 1.76 bits per heavy atom. The van der Waals surface area contributed by atoms with Crippen molar-refractivity contribution in [3.8, 4) is 22.8 Å². The molecule has 5 aromatic rings. The van der Waals surface area contributed by atoms with Crippen molar-refractivity contribution in [3.63, 3.8) is 0 Å². The number of nitrogens with two attached hydrogens (primary N) is 1. The lowest BCUT2D eigenvalue weighted by atomic mass is 10.2. The summed E-state index contributed by atoms with van der Waals surface area (Å²) in [6.45, 7) is 9.93. The summed E-state index contributed by atoms with van der Waals surface area (Å²) in [7, 11) is 4.53. The predicted molar refractivity (Wildman–Crippen MR) is 210 cm³/mol. The summed E-state index contributed by atoms with van der Waals surface area (Å²) in [5.74, 6) is 1.78. The van der Waals surface area contributed by atoms with Crippen LogP contribution in [-0.2, 0) is 30.2 Å². The minimum absolute atomic E-state index is 0.271. The fraction of sp³-hybridized carbons (Fsp3) is 0.432. The SMILES string of the molecule is COC(OC)OC.Clc1nc(-c2ccccc2)nc2c1ncn2CCN1CCOCC1.Nc1c(Cl)nc(-c2ccccc2)nc1NCCN1CCOCC1. The second-order valence-corrected chi connectivity index (χ2v) is 12.8. The number of rotatable bonds is 12. The van der Waals surface area contributed by atoms with Crippen molar-refractivity contribution in [1.82, 2.24) is 39.3 Å². The van der Waals surface area contributed by atoms with E-state index in [1.165, 1.54) is 21.3 Å². The molecule has 2 saturated heterocycles. The highest BCUT2D eigenvalue weighted by Gasteiger charge is 2.16. The van der Waals surface area contributed by atoms with Gasteiger partial charge in [0.05, 0.1) is 32.8 Å². The molecule has 54 heavy (non-hydrogen) atoms. The Balaban J connectivity index is 0.000000177. The lowest BCUT2D eigenvalue weighted by Gasteiger charge is -2.26. The van der Waals surface area contributed by atoms with E-state index in [4.69, 9.17) is 43.4 Å². The van der Waals surface area contributed by atoms with E-state index in [-0.39, 0.29) is 5.15 Å². The van der Waals surface area contributed by atoms with Crippen molar-refractivity contribution < 1.29 is 23.7 Å². The van der Waals surface area contributed by atoms with E-state index in [2.05, 4.69) is 49.3 Å². The molecule has 7 rings (SSSR count).